The van der Waals surface area contributed by atoms with E-state index in [0.29, 0.717) is 16.3 Å². The monoisotopic (exact) mass is 444 g/mol. The van der Waals surface area contributed by atoms with E-state index in [9.17, 15) is 9.59 Å². The number of rotatable bonds is 5. The van der Waals surface area contributed by atoms with E-state index in [1.807, 2.05) is 76.2 Å². The lowest BCUT2D eigenvalue weighted by Crippen LogP contribution is -2.32. The van der Waals surface area contributed by atoms with Crippen LogP contribution in [-0.4, -0.2) is 16.7 Å². The summed E-state index contributed by atoms with van der Waals surface area (Å²) in [5.74, 6) is -0.635. The Morgan fingerprint density at radius 3 is 2.03 bits per heavy atom. The predicted octanol–water partition coefficient (Wildman–Crippen LogP) is 5.97. The van der Waals surface area contributed by atoms with Crippen LogP contribution in [-0.2, 0) is 16.1 Å². The smallest absolute Gasteiger partial charge is 0.278 e. The fraction of sp³-hybridized carbons (Fsp3) is 0.185. The molecule has 0 aromatic heterocycles. The summed E-state index contributed by atoms with van der Waals surface area (Å²) in [6.07, 6.45) is 0. The van der Waals surface area contributed by atoms with Crippen molar-refractivity contribution in [1.29, 1.82) is 0 Å². The van der Waals surface area contributed by atoms with Crippen LogP contribution in [0, 0.1) is 27.7 Å². The molecule has 4 rings (SSSR count). The summed E-state index contributed by atoms with van der Waals surface area (Å²) in [5, 5.41) is 3.89. The molecular formula is C27H25ClN2O2. The van der Waals surface area contributed by atoms with Gasteiger partial charge < -0.3 is 5.32 Å². The topological polar surface area (TPSA) is 49.4 Å². The van der Waals surface area contributed by atoms with Crippen molar-refractivity contribution in [2.24, 2.45) is 0 Å². The summed E-state index contributed by atoms with van der Waals surface area (Å²) in [4.78, 5) is 28.3. The Morgan fingerprint density at radius 2 is 1.41 bits per heavy atom. The average Bonchev–Trinajstić information content (AvgIpc) is 2.96. The molecule has 3 aromatic carbocycles. The first kappa shape index (κ1) is 21.8. The first-order valence-electron chi connectivity index (χ1n) is 10.5. The Balaban J connectivity index is 1.79. The molecule has 0 saturated heterocycles. The number of carbonyl (C=O) groups is 2. The normalized spacial score (nSPS) is 13.8. The summed E-state index contributed by atoms with van der Waals surface area (Å²) in [6, 6.07) is 19.1. The van der Waals surface area contributed by atoms with Gasteiger partial charge in [0.25, 0.3) is 11.8 Å². The highest BCUT2D eigenvalue weighted by atomic mass is 35.5. The molecule has 0 unspecified atom stereocenters. The van der Waals surface area contributed by atoms with Crippen LogP contribution in [0.25, 0.3) is 5.57 Å². The first-order valence-corrected chi connectivity index (χ1v) is 10.9. The minimum Gasteiger partial charge on any atom is -0.350 e. The van der Waals surface area contributed by atoms with E-state index in [1.54, 1.807) is 12.1 Å². The molecule has 1 aliphatic heterocycles. The van der Waals surface area contributed by atoms with E-state index >= 15 is 0 Å². The molecule has 162 valence electrons. The van der Waals surface area contributed by atoms with Crippen molar-refractivity contribution in [2.75, 3.05) is 5.32 Å². The first-order chi connectivity index (χ1) is 15.2. The molecule has 1 N–H and O–H groups in total. The minimum atomic E-state index is -0.333. The van der Waals surface area contributed by atoms with Gasteiger partial charge in [-0.3, -0.25) is 14.5 Å². The summed E-state index contributed by atoms with van der Waals surface area (Å²) in [6.45, 7) is 8.16. The van der Waals surface area contributed by atoms with Gasteiger partial charge in [0.1, 0.15) is 5.70 Å². The Kier molecular flexibility index (Phi) is 5.90. The van der Waals surface area contributed by atoms with Crippen molar-refractivity contribution >= 4 is 34.7 Å². The van der Waals surface area contributed by atoms with E-state index < -0.39 is 0 Å². The molecule has 0 atom stereocenters. The van der Waals surface area contributed by atoms with Crippen LogP contribution in [0.3, 0.4) is 0 Å². The highest BCUT2D eigenvalue weighted by molar-refractivity contribution is 6.36. The molecule has 32 heavy (non-hydrogen) atoms. The molecule has 5 heteroatoms. The van der Waals surface area contributed by atoms with Crippen LogP contribution < -0.4 is 5.32 Å². The van der Waals surface area contributed by atoms with Gasteiger partial charge in [-0.25, -0.2) is 0 Å². The Labute approximate surface area is 193 Å². The maximum absolute atomic E-state index is 13.5. The largest absolute Gasteiger partial charge is 0.350 e. The number of benzene rings is 3. The number of imide groups is 1. The lowest BCUT2D eigenvalue weighted by molar-refractivity contribution is -0.137. The maximum Gasteiger partial charge on any atom is 0.278 e. The van der Waals surface area contributed by atoms with Gasteiger partial charge in [0.15, 0.2) is 0 Å². The maximum atomic E-state index is 13.5. The zero-order valence-electron chi connectivity index (χ0n) is 18.6. The van der Waals surface area contributed by atoms with E-state index in [2.05, 4.69) is 5.32 Å². The molecule has 3 aromatic rings. The van der Waals surface area contributed by atoms with Crippen molar-refractivity contribution in [1.82, 2.24) is 4.90 Å². The fourth-order valence-corrected chi connectivity index (χ4v) is 4.17. The van der Waals surface area contributed by atoms with Crippen molar-refractivity contribution < 1.29 is 9.59 Å². The third-order valence-corrected chi connectivity index (χ3v) is 5.97. The Hall–Kier alpha value is -3.37. The lowest BCUT2D eigenvalue weighted by Gasteiger charge is -2.16. The van der Waals surface area contributed by atoms with Crippen molar-refractivity contribution in [3.63, 3.8) is 0 Å². The highest BCUT2D eigenvalue weighted by Gasteiger charge is 2.39. The van der Waals surface area contributed by atoms with Gasteiger partial charge in [0.05, 0.1) is 12.1 Å². The third kappa shape index (κ3) is 4.19. The molecule has 0 fully saturated rings. The molecule has 0 saturated carbocycles. The highest BCUT2D eigenvalue weighted by Crippen LogP contribution is 2.34. The number of hydrogen-bond donors (Lipinski definition) is 1. The molecule has 4 nitrogen and oxygen atoms in total. The van der Waals surface area contributed by atoms with Gasteiger partial charge in [0, 0.05) is 10.7 Å². The van der Waals surface area contributed by atoms with Crippen LogP contribution in [0.5, 0.6) is 0 Å². The quantitative estimate of drug-likeness (QED) is 0.493. The van der Waals surface area contributed by atoms with E-state index in [0.717, 1.165) is 39.1 Å². The predicted molar refractivity (Wildman–Crippen MR) is 129 cm³/mol. The minimum absolute atomic E-state index is 0.182. The number of carbonyl (C=O) groups excluding carboxylic acids is 2. The second kappa shape index (κ2) is 8.64. The number of halogens is 1. The average molecular weight is 445 g/mol. The van der Waals surface area contributed by atoms with Gasteiger partial charge in [0.2, 0.25) is 0 Å². The Morgan fingerprint density at radius 1 is 0.781 bits per heavy atom. The van der Waals surface area contributed by atoms with Crippen LogP contribution in [0.2, 0.25) is 5.02 Å². The molecule has 2 amide bonds. The second-order valence-corrected chi connectivity index (χ2v) is 8.77. The molecule has 0 aliphatic carbocycles. The van der Waals surface area contributed by atoms with Crippen LogP contribution in [0.4, 0.5) is 5.69 Å². The summed E-state index contributed by atoms with van der Waals surface area (Å²) in [5.41, 5.74) is 7.32. The lowest BCUT2D eigenvalue weighted by atomic mass is 9.97. The number of hydrogen-bond acceptors (Lipinski definition) is 3. The molecule has 1 heterocycles. The van der Waals surface area contributed by atoms with Gasteiger partial charge in [-0.15, -0.1) is 0 Å². The molecule has 1 aliphatic rings. The molecule has 0 bridgehead atoms. The number of aryl methyl sites for hydroxylation is 4. The van der Waals surface area contributed by atoms with Crippen LogP contribution in [0.15, 0.2) is 66.4 Å². The fourth-order valence-electron chi connectivity index (χ4n) is 4.04. The van der Waals surface area contributed by atoms with Crippen molar-refractivity contribution in [3.05, 3.63) is 105 Å². The summed E-state index contributed by atoms with van der Waals surface area (Å²) >= 11 is 5.99. The van der Waals surface area contributed by atoms with Crippen molar-refractivity contribution in [2.45, 2.75) is 34.2 Å². The number of nitrogens with zero attached hydrogens (tertiary/aromatic N) is 1. The van der Waals surface area contributed by atoms with Crippen LogP contribution in [0.1, 0.15) is 33.4 Å². The summed E-state index contributed by atoms with van der Waals surface area (Å²) < 4.78 is 0. The van der Waals surface area contributed by atoms with Crippen LogP contribution >= 0.6 is 11.6 Å². The standard InChI is InChI=1S/C27H25ClN2O2/c1-16-5-11-22(18(3)13-16)24-25(29-23-12-6-17(2)14-19(23)4)27(32)30(26(24)31)15-20-7-9-21(28)10-8-20/h5-14,29H,15H2,1-4H3. The van der Waals surface area contributed by atoms with E-state index in [4.69, 9.17) is 11.6 Å². The number of anilines is 1. The zero-order valence-corrected chi connectivity index (χ0v) is 19.4. The third-order valence-electron chi connectivity index (χ3n) is 5.71. The van der Waals surface area contributed by atoms with Crippen molar-refractivity contribution in [3.8, 4) is 0 Å². The van der Waals surface area contributed by atoms with Gasteiger partial charge in [-0.05, 0) is 68.1 Å². The molecule has 0 spiro atoms. The number of nitrogens with one attached hydrogen (secondary N) is 1. The zero-order chi connectivity index (χ0) is 23.0. The van der Waals surface area contributed by atoms with Gasteiger partial charge >= 0.3 is 0 Å². The second-order valence-electron chi connectivity index (χ2n) is 8.33. The Bertz CT molecular complexity index is 1260. The van der Waals surface area contributed by atoms with Gasteiger partial charge in [-0.2, -0.15) is 0 Å². The van der Waals surface area contributed by atoms with E-state index in [1.165, 1.54) is 4.90 Å². The van der Waals surface area contributed by atoms with E-state index in [-0.39, 0.29) is 18.4 Å². The number of amides is 2. The molecule has 0 radical (unpaired) electrons. The SMILES string of the molecule is Cc1ccc(NC2=C(c3ccc(C)cc3C)C(=O)N(Cc3ccc(Cl)cc3)C2=O)c(C)c1. The summed E-state index contributed by atoms with van der Waals surface area (Å²) in [7, 11) is 0. The molecular weight excluding hydrogens is 420 g/mol. The van der Waals surface area contributed by atoms with Gasteiger partial charge in [-0.1, -0.05) is 65.2 Å².